The maximum absolute atomic E-state index is 13.3. The second-order valence-corrected chi connectivity index (χ2v) is 8.42. The van der Waals surface area contributed by atoms with Crippen molar-refractivity contribution >= 4 is 28.1 Å². The smallest absolute Gasteiger partial charge is 0.350 e. The Bertz CT molecular complexity index is 1310. The van der Waals surface area contributed by atoms with Gasteiger partial charge in [-0.2, -0.15) is 0 Å². The van der Waals surface area contributed by atoms with Gasteiger partial charge in [-0.05, 0) is 56.7 Å². The Morgan fingerprint density at radius 2 is 1.88 bits per heavy atom. The SMILES string of the molecule is CCOC(=O)c1sc2nc(-c3ccc(OCC)c(OC)c3)c(NCc3ccc(F)cc3)n2c1C. The van der Waals surface area contributed by atoms with Gasteiger partial charge < -0.3 is 19.5 Å². The van der Waals surface area contributed by atoms with Crippen LogP contribution in [0.4, 0.5) is 10.2 Å². The van der Waals surface area contributed by atoms with Crippen LogP contribution in [-0.4, -0.2) is 35.7 Å². The lowest BCUT2D eigenvalue weighted by Crippen LogP contribution is -2.07. The summed E-state index contributed by atoms with van der Waals surface area (Å²) in [5.41, 5.74) is 3.17. The van der Waals surface area contributed by atoms with E-state index >= 15 is 0 Å². The number of esters is 1. The van der Waals surface area contributed by atoms with Crippen molar-refractivity contribution in [3.63, 3.8) is 0 Å². The molecular weight excluding hydrogens is 457 g/mol. The molecule has 0 fully saturated rings. The largest absolute Gasteiger partial charge is 0.493 e. The molecule has 9 heteroatoms. The van der Waals surface area contributed by atoms with Crippen molar-refractivity contribution < 1.29 is 23.4 Å². The number of carbonyl (C=O) groups excluding carboxylic acids is 1. The number of rotatable bonds is 9. The molecule has 2 aromatic carbocycles. The highest BCUT2D eigenvalue weighted by molar-refractivity contribution is 7.19. The van der Waals surface area contributed by atoms with Gasteiger partial charge in [-0.1, -0.05) is 23.5 Å². The molecule has 0 saturated heterocycles. The van der Waals surface area contributed by atoms with E-state index in [0.29, 0.717) is 46.8 Å². The van der Waals surface area contributed by atoms with Gasteiger partial charge in [-0.3, -0.25) is 4.40 Å². The molecule has 0 atom stereocenters. The molecule has 2 aromatic heterocycles. The molecule has 178 valence electrons. The van der Waals surface area contributed by atoms with Crippen LogP contribution in [0.25, 0.3) is 16.2 Å². The fraction of sp³-hybridized carbons (Fsp3) is 0.280. The highest BCUT2D eigenvalue weighted by Gasteiger charge is 2.24. The number of aryl methyl sites for hydroxylation is 1. The van der Waals surface area contributed by atoms with Gasteiger partial charge >= 0.3 is 5.97 Å². The van der Waals surface area contributed by atoms with Crippen molar-refractivity contribution in [2.75, 3.05) is 25.6 Å². The van der Waals surface area contributed by atoms with Crippen molar-refractivity contribution in [3.8, 4) is 22.8 Å². The van der Waals surface area contributed by atoms with E-state index in [0.717, 1.165) is 22.6 Å². The van der Waals surface area contributed by atoms with Crippen molar-refractivity contribution in [1.29, 1.82) is 0 Å². The number of imidazole rings is 1. The van der Waals surface area contributed by atoms with Crippen LogP contribution in [0.3, 0.4) is 0 Å². The van der Waals surface area contributed by atoms with E-state index in [1.165, 1.54) is 23.5 Å². The lowest BCUT2D eigenvalue weighted by Gasteiger charge is -2.13. The lowest BCUT2D eigenvalue weighted by atomic mass is 10.1. The summed E-state index contributed by atoms with van der Waals surface area (Å²) in [6.07, 6.45) is 0. The molecule has 0 aliphatic heterocycles. The van der Waals surface area contributed by atoms with E-state index in [4.69, 9.17) is 19.2 Å². The van der Waals surface area contributed by atoms with Gasteiger partial charge in [-0.25, -0.2) is 14.2 Å². The number of anilines is 1. The van der Waals surface area contributed by atoms with Gasteiger partial charge in [0.25, 0.3) is 0 Å². The number of hydrogen-bond donors (Lipinski definition) is 1. The third kappa shape index (κ3) is 4.56. The topological polar surface area (TPSA) is 74.1 Å². The Balaban J connectivity index is 1.81. The Labute approximate surface area is 201 Å². The summed E-state index contributed by atoms with van der Waals surface area (Å²) in [6, 6.07) is 12.0. The van der Waals surface area contributed by atoms with Gasteiger partial charge in [-0.15, -0.1) is 0 Å². The van der Waals surface area contributed by atoms with E-state index in [-0.39, 0.29) is 11.8 Å². The number of thiazole rings is 1. The van der Waals surface area contributed by atoms with Gasteiger partial charge in [0.2, 0.25) is 0 Å². The number of hydrogen-bond acceptors (Lipinski definition) is 7. The zero-order valence-electron chi connectivity index (χ0n) is 19.5. The molecule has 0 aliphatic carbocycles. The maximum Gasteiger partial charge on any atom is 0.350 e. The zero-order valence-corrected chi connectivity index (χ0v) is 20.3. The van der Waals surface area contributed by atoms with Crippen LogP contribution in [0.2, 0.25) is 0 Å². The van der Waals surface area contributed by atoms with Crippen LogP contribution in [0.5, 0.6) is 11.5 Å². The first-order valence-corrected chi connectivity index (χ1v) is 11.8. The Kier molecular flexibility index (Phi) is 7.02. The molecule has 4 aromatic rings. The van der Waals surface area contributed by atoms with E-state index in [9.17, 15) is 9.18 Å². The number of methoxy groups -OCH3 is 1. The number of nitrogens with zero attached hydrogens (tertiary/aromatic N) is 2. The molecule has 7 nitrogen and oxygen atoms in total. The first-order chi connectivity index (χ1) is 16.5. The van der Waals surface area contributed by atoms with Crippen LogP contribution in [-0.2, 0) is 11.3 Å². The van der Waals surface area contributed by atoms with Gasteiger partial charge in [0.1, 0.15) is 22.2 Å². The highest BCUT2D eigenvalue weighted by Crippen LogP contribution is 2.38. The second-order valence-electron chi connectivity index (χ2n) is 7.44. The average molecular weight is 484 g/mol. The summed E-state index contributed by atoms with van der Waals surface area (Å²) in [5, 5.41) is 3.43. The molecule has 34 heavy (non-hydrogen) atoms. The van der Waals surface area contributed by atoms with Gasteiger partial charge in [0.15, 0.2) is 16.5 Å². The summed E-state index contributed by atoms with van der Waals surface area (Å²) in [6.45, 7) is 6.82. The normalized spacial score (nSPS) is 11.0. The molecule has 0 amide bonds. The molecule has 0 spiro atoms. The number of halogens is 1. The third-order valence-electron chi connectivity index (χ3n) is 5.27. The quantitative estimate of drug-likeness (QED) is 0.308. The Morgan fingerprint density at radius 3 is 2.56 bits per heavy atom. The maximum atomic E-state index is 13.3. The summed E-state index contributed by atoms with van der Waals surface area (Å²) < 4.78 is 31.6. The summed E-state index contributed by atoms with van der Waals surface area (Å²) >= 11 is 1.28. The van der Waals surface area contributed by atoms with E-state index < -0.39 is 0 Å². The van der Waals surface area contributed by atoms with Gasteiger partial charge in [0, 0.05) is 17.8 Å². The Hall–Kier alpha value is -3.59. The van der Waals surface area contributed by atoms with Gasteiger partial charge in [0.05, 0.1) is 20.3 Å². The van der Waals surface area contributed by atoms with Crippen LogP contribution >= 0.6 is 11.3 Å². The number of nitrogens with one attached hydrogen (secondary N) is 1. The van der Waals surface area contributed by atoms with Crippen LogP contribution in [0.1, 0.15) is 34.8 Å². The molecule has 0 radical (unpaired) electrons. The van der Waals surface area contributed by atoms with Crippen LogP contribution < -0.4 is 14.8 Å². The number of ether oxygens (including phenoxy) is 3. The van der Waals surface area contributed by atoms with Crippen LogP contribution in [0.15, 0.2) is 42.5 Å². The summed E-state index contributed by atoms with van der Waals surface area (Å²) in [5.74, 6) is 1.31. The summed E-state index contributed by atoms with van der Waals surface area (Å²) in [7, 11) is 1.59. The second kappa shape index (κ2) is 10.1. The van der Waals surface area contributed by atoms with Crippen molar-refractivity contribution in [2.24, 2.45) is 0 Å². The molecule has 0 unspecified atom stereocenters. The lowest BCUT2D eigenvalue weighted by molar-refractivity contribution is 0.0531. The average Bonchev–Trinajstić information content (AvgIpc) is 3.36. The van der Waals surface area contributed by atoms with Crippen LogP contribution in [0, 0.1) is 12.7 Å². The molecule has 0 bridgehead atoms. The molecular formula is C25H26FN3O4S. The number of aromatic nitrogens is 2. The number of benzene rings is 2. The zero-order chi connectivity index (χ0) is 24.2. The summed E-state index contributed by atoms with van der Waals surface area (Å²) in [4.78, 5) is 18.5. The highest BCUT2D eigenvalue weighted by atomic mass is 32.1. The van der Waals surface area contributed by atoms with E-state index in [1.807, 2.05) is 36.4 Å². The van der Waals surface area contributed by atoms with Crippen molar-refractivity contribution in [1.82, 2.24) is 9.38 Å². The Morgan fingerprint density at radius 1 is 1.12 bits per heavy atom. The van der Waals surface area contributed by atoms with E-state index in [2.05, 4.69) is 5.32 Å². The van der Waals surface area contributed by atoms with Crippen molar-refractivity contribution in [3.05, 3.63) is 64.4 Å². The number of carbonyl (C=O) groups is 1. The molecule has 4 rings (SSSR count). The van der Waals surface area contributed by atoms with E-state index in [1.54, 1.807) is 26.2 Å². The minimum absolute atomic E-state index is 0.287. The van der Waals surface area contributed by atoms with Crippen molar-refractivity contribution in [2.45, 2.75) is 27.3 Å². The molecule has 0 aliphatic rings. The standard InChI is InChI=1S/C25H26FN3O4S/c1-5-32-19-12-9-17(13-20(19)31-4)21-23(27-14-16-7-10-18(26)11-8-16)29-15(3)22(24(30)33-6-2)34-25(29)28-21/h7-13,27H,5-6,14H2,1-4H3. The first kappa shape index (κ1) is 23.6. The monoisotopic (exact) mass is 483 g/mol. The molecule has 2 heterocycles. The fourth-order valence-corrected chi connectivity index (χ4v) is 4.69. The minimum Gasteiger partial charge on any atom is -0.493 e. The first-order valence-electron chi connectivity index (χ1n) is 10.9. The molecule has 1 N–H and O–H groups in total. The molecule has 0 saturated carbocycles. The predicted molar refractivity (Wildman–Crippen MR) is 131 cm³/mol. The predicted octanol–water partition coefficient (Wildman–Crippen LogP) is 5.71. The third-order valence-corrected chi connectivity index (χ3v) is 6.40. The minimum atomic E-state index is -0.371. The fourth-order valence-electron chi connectivity index (χ4n) is 3.67. The number of fused-ring (bicyclic) bond motifs is 1.